The molecule has 0 radical (unpaired) electrons. The molecule has 0 fully saturated rings. The second-order valence-corrected chi connectivity index (χ2v) is 4.94. The minimum absolute atomic E-state index is 0.551. The quantitative estimate of drug-likeness (QED) is 0.644. The first-order chi connectivity index (χ1) is 7.74. The number of hydrogen-bond donors (Lipinski definition) is 0. The van der Waals surface area contributed by atoms with Crippen LogP contribution in [0.4, 0.5) is 0 Å². The third kappa shape index (κ3) is 1.54. The SMILES string of the molecule is CC1C=Cc2cc3n(c2C=C1)CCN(C)C3. The van der Waals surface area contributed by atoms with E-state index in [9.17, 15) is 0 Å². The Bertz CT molecular complexity index is 465. The van der Waals surface area contributed by atoms with E-state index in [2.05, 4.69) is 53.8 Å². The van der Waals surface area contributed by atoms with Crippen LogP contribution < -0.4 is 0 Å². The van der Waals surface area contributed by atoms with Crippen LogP contribution in [0.5, 0.6) is 0 Å². The van der Waals surface area contributed by atoms with Crippen LogP contribution >= 0.6 is 0 Å². The van der Waals surface area contributed by atoms with Gasteiger partial charge in [0, 0.05) is 31.0 Å². The van der Waals surface area contributed by atoms with Gasteiger partial charge in [0.05, 0.1) is 0 Å². The fourth-order valence-corrected chi connectivity index (χ4v) is 2.55. The normalized spacial score (nSPS) is 24.0. The molecule has 0 saturated heterocycles. The van der Waals surface area contributed by atoms with Gasteiger partial charge in [0.1, 0.15) is 0 Å². The number of aromatic nitrogens is 1. The van der Waals surface area contributed by atoms with Gasteiger partial charge in [0.25, 0.3) is 0 Å². The summed E-state index contributed by atoms with van der Waals surface area (Å²) in [5.74, 6) is 0.551. The fraction of sp³-hybridized carbons (Fsp3) is 0.429. The average Bonchev–Trinajstić information content (AvgIpc) is 2.50. The van der Waals surface area contributed by atoms with Gasteiger partial charge in [-0.1, -0.05) is 25.2 Å². The van der Waals surface area contributed by atoms with Crippen LogP contribution in [0.15, 0.2) is 18.2 Å². The zero-order chi connectivity index (χ0) is 11.1. The highest BCUT2D eigenvalue weighted by Gasteiger charge is 2.18. The maximum atomic E-state index is 2.47. The smallest absolute Gasteiger partial charge is 0.0480 e. The summed E-state index contributed by atoms with van der Waals surface area (Å²) in [4.78, 5) is 2.38. The van der Waals surface area contributed by atoms with E-state index in [4.69, 9.17) is 0 Å². The summed E-state index contributed by atoms with van der Waals surface area (Å²) in [7, 11) is 2.19. The molecule has 2 aliphatic rings. The van der Waals surface area contributed by atoms with E-state index in [0.29, 0.717) is 5.92 Å². The molecule has 0 amide bonds. The molecule has 2 nitrogen and oxygen atoms in total. The highest BCUT2D eigenvalue weighted by atomic mass is 15.2. The van der Waals surface area contributed by atoms with Crippen LogP contribution in [-0.2, 0) is 13.1 Å². The largest absolute Gasteiger partial charge is 0.342 e. The molecular formula is C14H18N2. The van der Waals surface area contributed by atoms with E-state index < -0.39 is 0 Å². The lowest BCUT2D eigenvalue weighted by atomic mass is 10.1. The molecule has 1 aromatic heterocycles. The molecule has 2 heterocycles. The number of hydrogen-bond acceptors (Lipinski definition) is 1. The third-order valence-electron chi connectivity index (χ3n) is 3.53. The predicted molar refractivity (Wildman–Crippen MR) is 68.0 cm³/mol. The van der Waals surface area contributed by atoms with Crippen LogP contribution in [-0.4, -0.2) is 23.1 Å². The van der Waals surface area contributed by atoms with Gasteiger partial charge in [-0.3, -0.25) is 4.90 Å². The molecule has 0 bridgehead atoms. The summed E-state index contributed by atoms with van der Waals surface area (Å²) in [5, 5.41) is 0. The first-order valence-electron chi connectivity index (χ1n) is 6.01. The highest BCUT2D eigenvalue weighted by Crippen LogP contribution is 2.26. The first-order valence-corrected chi connectivity index (χ1v) is 6.01. The lowest BCUT2D eigenvalue weighted by molar-refractivity contribution is 0.269. The van der Waals surface area contributed by atoms with Crippen molar-refractivity contribution in [3.8, 4) is 0 Å². The Morgan fingerprint density at radius 2 is 2.00 bits per heavy atom. The van der Waals surface area contributed by atoms with E-state index in [1.54, 1.807) is 0 Å². The molecule has 0 spiro atoms. The number of nitrogens with zero attached hydrogens (tertiary/aromatic N) is 2. The van der Waals surface area contributed by atoms with E-state index >= 15 is 0 Å². The maximum Gasteiger partial charge on any atom is 0.0480 e. The summed E-state index contributed by atoms with van der Waals surface area (Å²) in [6, 6.07) is 2.34. The summed E-state index contributed by atoms with van der Waals surface area (Å²) in [6.45, 7) is 5.57. The summed E-state index contributed by atoms with van der Waals surface area (Å²) >= 11 is 0. The average molecular weight is 214 g/mol. The second kappa shape index (κ2) is 3.63. The van der Waals surface area contributed by atoms with Crippen LogP contribution in [0, 0.1) is 5.92 Å². The van der Waals surface area contributed by atoms with Gasteiger partial charge in [-0.15, -0.1) is 0 Å². The Balaban J connectivity index is 2.08. The number of rotatable bonds is 0. The third-order valence-corrected chi connectivity index (χ3v) is 3.53. The van der Waals surface area contributed by atoms with Crippen molar-refractivity contribution in [2.45, 2.75) is 20.0 Å². The summed E-state index contributed by atoms with van der Waals surface area (Å²) in [6.07, 6.45) is 9.12. The molecule has 1 aromatic rings. The van der Waals surface area contributed by atoms with Gasteiger partial charge in [0.15, 0.2) is 0 Å². The van der Waals surface area contributed by atoms with Crippen LogP contribution in [0.2, 0.25) is 0 Å². The molecule has 2 heteroatoms. The summed E-state index contributed by atoms with van der Waals surface area (Å²) in [5.41, 5.74) is 4.22. The molecule has 16 heavy (non-hydrogen) atoms. The zero-order valence-corrected chi connectivity index (χ0v) is 9.98. The van der Waals surface area contributed by atoms with Gasteiger partial charge in [-0.2, -0.15) is 0 Å². The van der Waals surface area contributed by atoms with Crippen LogP contribution in [0.3, 0.4) is 0 Å². The number of allylic oxidation sites excluding steroid dienone is 2. The fourth-order valence-electron chi connectivity index (χ4n) is 2.55. The predicted octanol–water partition coefficient (Wildman–Crippen LogP) is 2.61. The minimum Gasteiger partial charge on any atom is -0.342 e. The van der Waals surface area contributed by atoms with Gasteiger partial charge in [0.2, 0.25) is 0 Å². The van der Waals surface area contributed by atoms with Crippen LogP contribution in [0.25, 0.3) is 12.2 Å². The van der Waals surface area contributed by atoms with Crippen molar-refractivity contribution < 1.29 is 0 Å². The molecule has 1 unspecified atom stereocenters. The van der Waals surface area contributed by atoms with Gasteiger partial charge in [-0.25, -0.2) is 0 Å². The Labute approximate surface area is 96.9 Å². The van der Waals surface area contributed by atoms with Crippen molar-refractivity contribution in [1.82, 2.24) is 9.47 Å². The minimum atomic E-state index is 0.551. The highest BCUT2D eigenvalue weighted by molar-refractivity contribution is 5.67. The number of fused-ring (bicyclic) bond motifs is 3. The Hall–Kier alpha value is -1.28. The molecule has 0 aromatic carbocycles. The molecule has 0 saturated carbocycles. The lowest BCUT2D eigenvalue weighted by Gasteiger charge is -2.25. The standard InChI is InChI=1S/C14H18N2/c1-11-3-5-12-9-13-10-15(2)7-8-16(13)14(12)6-4-11/h3-6,9,11H,7-8,10H2,1-2H3. The van der Waals surface area contributed by atoms with Crippen molar-refractivity contribution in [1.29, 1.82) is 0 Å². The second-order valence-electron chi connectivity index (χ2n) is 4.94. The molecule has 84 valence electrons. The zero-order valence-electron chi connectivity index (χ0n) is 9.98. The Morgan fingerprint density at radius 1 is 1.19 bits per heavy atom. The lowest BCUT2D eigenvalue weighted by Crippen LogP contribution is -2.30. The van der Waals surface area contributed by atoms with E-state index in [0.717, 1.165) is 19.6 Å². The van der Waals surface area contributed by atoms with Crippen molar-refractivity contribution in [2.24, 2.45) is 5.92 Å². The van der Waals surface area contributed by atoms with Crippen molar-refractivity contribution in [3.05, 3.63) is 35.2 Å². The molecule has 1 atom stereocenters. The maximum absolute atomic E-state index is 2.47. The van der Waals surface area contributed by atoms with Crippen LogP contribution in [0.1, 0.15) is 23.9 Å². The molecule has 1 aliphatic carbocycles. The molecule has 0 N–H and O–H groups in total. The number of likely N-dealkylation sites (N-methyl/N-ethyl adjacent to an activating group) is 1. The van der Waals surface area contributed by atoms with Crippen molar-refractivity contribution in [2.75, 3.05) is 13.6 Å². The van der Waals surface area contributed by atoms with Gasteiger partial charge < -0.3 is 4.57 Å². The molecule has 3 rings (SSSR count). The van der Waals surface area contributed by atoms with Gasteiger partial charge in [-0.05, 0) is 30.7 Å². The summed E-state index contributed by atoms with van der Waals surface area (Å²) < 4.78 is 2.47. The monoisotopic (exact) mass is 214 g/mol. The van der Waals surface area contributed by atoms with E-state index in [1.165, 1.54) is 17.0 Å². The Morgan fingerprint density at radius 3 is 2.88 bits per heavy atom. The van der Waals surface area contributed by atoms with E-state index in [-0.39, 0.29) is 0 Å². The van der Waals surface area contributed by atoms with Gasteiger partial charge >= 0.3 is 0 Å². The van der Waals surface area contributed by atoms with Crippen molar-refractivity contribution >= 4 is 12.2 Å². The molecular weight excluding hydrogens is 196 g/mol. The van der Waals surface area contributed by atoms with E-state index in [1.807, 2.05) is 0 Å². The Kier molecular flexibility index (Phi) is 2.25. The first kappa shape index (κ1) is 9.91. The topological polar surface area (TPSA) is 8.17 Å². The molecule has 1 aliphatic heterocycles. The van der Waals surface area contributed by atoms with Crippen molar-refractivity contribution in [3.63, 3.8) is 0 Å².